The minimum Gasteiger partial charge on any atom is -0.460 e. The number of carbonyl (C=O) groups is 1. The number of carbonyl (C=O) groups excluding carboxylic acids is 1. The summed E-state index contributed by atoms with van der Waals surface area (Å²) in [4.78, 5) is 11.5. The summed E-state index contributed by atoms with van der Waals surface area (Å²) in [6.07, 6.45) is -0.931. The van der Waals surface area contributed by atoms with Gasteiger partial charge in [0.2, 0.25) is 0 Å². The van der Waals surface area contributed by atoms with Crippen LogP contribution in [-0.4, -0.2) is 23.5 Å². The fraction of sp³-hybridized carbons (Fsp3) is 0.900. The third-order valence-corrected chi connectivity index (χ3v) is 2.28. The highest BCUT2D eigenvalue weighted by Gasteiger charge is 2.49. The summed E-state index contributed by atoms with van der Waals surface area (Å²) in [5.41, 5.74) is 4.84. The second-order valence-corrected chi connectivity index (χ2v) is 5.07. The van der Waals surface area contributed by atoms with Crippen LogP contribution in [0.1, 0.15) is 33.6 Å². The van der Waals surface area contributed by atoms with Gasteiger partial charge in [0, 0.05) is 18.9 Å². The van der Waals surface area contributed by atoms with Crippen molar-refractivity contribution in [3.05, 3.63) is 0 Å². The summed E-state index contributed by atoms with van der Waals surface area (Å²) in [7, 11) is 0. The average molecular weight is 221 g/mol. The van der Waals surface area contributed by atoms with E-state index in [4.69, 9.17) is 10.5 Å². The van der Waals surface area contributed by atoms with Gasteiger partial charge in [-0.3, -0.25) is 4.79 Å². The number of hydrogen-bond acceptors (Lipinski definition) is 3. The molecule has 0 aliphatic heterocycles. The molecular formula is C10H17F2NO2. The van der Waals surface area contributed by atoms with Gasteiger partial charge in [0.05, 0.1) is 5.92 Å². The molecular weight excluding hydrogens is 204 g/mol. The summed E-state index contributed by atoms with van der Waals surface area (Å²) in [6, 6.07) is -0.796. The minimum absolute atomic E-state index is 0.434. The van der Waals surface area contributed by atoms with Gasteiger partial charge in [-0.05, 0) is 20.8 Å². The Labute approximate surface area is 88.0 Å². The Kier molecular flexibility index (Phi) is 3.05. The Morgan fingerprint density at radius 2 is 1.93 bits per heavy atom. The van der Waals surface area contributed by atoms with Crippen molar-refractivity contribution in [2.75, 3.05) is 0 Å². The molecule has 0 unspecified atom stereocenters. The van der Waals surface area contributed by atoms with Crippen LogP contribution in [0.2, 0.25) is 0 Å². The van der Waals surface area contributed by atoms with Crippen LogP contribution in [0.25, 0.3) is 0 Å². The van der Waals surface area contributed by atoms with Crippen LogP contribution in [0.3, 0.4) is 0 Å². The second-order valence-electron chi connectivity index (χ2n) is 5.07. The zero-order valence-electron chi connectivity index (χ0n) is 9.22. The Morgan fingerprint density at radius 1 is 1.40 bits per heavy atom. The zero-order valence-corrected chi connectivity index (χ0v) is 9.22. The number of nitrogens with two attached hydrogens (primary N) is 1. The first-order valence-corrected chi connectivity index (χ1v) is 4.97. The van der Waals surface area contributed by atoms with Gasteiger partial charge in [0.25, 0.3) is 5.92 Å². The highest BCUT2D eigenvalue weighted by molar-refractivity contribution is 5.74. The van der Waals surface area contributed by atoms with E-state index in [-0.39, 0.29) is 0 Å². The van der Waals surface area contributed by atoms with Crippen LogP contribution in [0, 0.1) is 5.92 Å². The molecule has 0 spiro atoms. The number of esters is 1. The fourth-order valence-electron chi connectivity index (χ4n) is 1.68. The molecule has 0 aromatic rings. The molecule has 0 saturated heterocycles. The lowest BCUT2D eigenvalue weighted by atomic mass is 10.0. The monoisotopic (exact) mass is 221 g/mol. The van der Waals surface area contributed by atoms with E-state index in [9.17, 15) is 13.6 Å². The zero-order chi connectivity index (χ0) is 11.9. The van der Waals surface area contributed by atoms with Gasteiger partial charge in [-0.1, -0.05) is 0 Å². The maximum Gasteiger partial charge on any atom is 0.311 e. The molecule has 5 heteroatoms. The lowest BCUT2D eigenvalue weighted by Crippen LogP contribution is -2.35. The first kappa shape index (κ1) is 12.4. The second kappa shape index (κ2) is 3.70. The van der Waals surface area contributed by atoms with E-state index in [2.05, 4.69) is 0 Å². The lowest BCUT2D eigenvalue weighted by Gasteiger charge is -2.23. The van der Waals surface area contributed by atoms with Crippen molar-refractivity contribution in [3.8, 4) is 0 Å². The molecule has 1 rings (SSSR count). The SMILES string of the molecule is CC(C)(C)OC(=O)[C@@H]1CC(F)(F)C[C@H]1N. The molecule has 0 aromatic carbocycles. The Balaban J connectivity index is 2.62. The van der Waals surface area contributed by atoms with Gasteiger partial charge in [-0.25, -0.2) is 8.78 Å². The van der Waals surface area contributed by atoms with Crippen molar-refractivity contribution in [1.29, 1.82) is 0 Å². The molecule has 2 atom stereocenters. The molecule has 1 saturated carbocycles. The van der Waals surface area contributed by atoms with E-state index in [1.54, 1.807) is 20.8 Å². The highest BCUT2D eigenvalue weighted by atomic mass is 19.3. The van der Waals surface area contributed by atoms with Crippen molar-refractivity contribution in [2.45, 2.75) is 51.2 Å². The maximum absolute atomic E-state index is 13.0. The molecule has 0 heterocycles. The maximum atomic E-state index is 13.0. The number of alkyl halides is 2. The normalized spacial score (nSPS) is 30.3. The number of rotatable bonds is 1. The van der Waals surface area contributed by atoms with Gasteiger partial charge in [0.15, 0.2) is 0 Å². The van der Waals surface area contributed by atoms with Crippen molar-refractivity contribution < 1.29 is 18.3 Å². The molecule has 0 radical (unpaired) electrons. The third kappa shape index (κ3) is 3.41. The van der Waals surface area contributed by atoms with Crippen LogP contribution in [-0.2, 0) is 9.53 Å². The van der Waals surface area contributed by atoms with Crippen LogP contribution >= 0.6 is 0 Å². The van der Waals surface area contributed by atoms with Crippen LogP contribution in [0.4, 0.5) is 8.78 Å². The van der Waals surface area contributed by atoms with Crippen molar-refractivity contribution in [2.24, 2.45) is 11.7 Å². The lowest BCUT2D eigenvalue weighted by molar-refractivity contribution is -0.161. The van der Waals surface area contributed by atoms with Crippen LogP contribution in [0.5, 0.6) is 0 Å². The Hall–Kier alpha value is -0.710. The summed E-state index contributed by atoms with van der Waals surface area (Å²) in [5.74, 6) is -4.33. The summed E-state index contributed by atoms with van der Waals surface area (Å²) in [6.45, 7) is 5.09. The van der Waals surface area contributed by atoms with Gasteiger partial charge < -0.3 is 10.5 Å². The molecule has 1 aliphatic rings. The predicted molar refractivity (Wildman–Crippen MR) is 51.5 cm³/mol. The number of halogens is 2. The minimum atomic E-state index is -2.83. The third-order valence-electron chi connectivity index (χ3n) is 2.28. The largest absolute Gasteiger partial charge is 0.460 e. The topological polar surface area (TPSA) is 52.3 Å². The van der Waals surface area contributed by atoms with E-state index in [0.29, 0.717) is 0 Å². The van der Waals surface area contributed by atoms with Crippen molar-refractivity contribution >= 4 is 5.97 Å². The van der Waals surface area contributed by atoms with E-state index >= 15 is 0 Å². The smallest absolute Gasteiger partial charge is 0.311 e. The van der Waals surface area contributed by atoms with Crippen molar-refractivity contribution in [1.82, 2.24) is 0 Å². The first-order chi connectivity index (χ1) is 6.61. The Bertz CT molecular complexity index is 261. The summed E-state index contributed by atoms with van der Waals surface area (Å²) >= 11 is 0. The van der Waals surface area contributed by atoms with Gasteiger partial charge in [-0.2, -0.15) is 0 Å². The summed E-state index contributed by atoms with van der Waals surface area (Å²) < 4.78 is 30.9. The standard InChI is InChI=1S/C10H17F2NO2/c1-9(2,3)15-8(14)6-4-10(11,12)5-7(6)13/h6-7H,4-5,13H2,1-3H3/t6-,7-/m1/s1. The van der Waals surface area contributed by atoms with E-state index < -0.39 is 42.3 Å². The molecule has 0 aromatic heterocycles. The quantitative estimate of drug-likeness (QED) is 0.686. The first-order valence-electron chi connectivity index (χ1n) is 4.97. The molecule has 2 N–H and O–H groups in total. The number of hydrogen-bond donors (Lipinski definition) is 1. The molecule has 1 aliphatic carbocycles. The fourth-order valence-corrected chi connectivity index (χ4v) is 1.68. The molecule has 15 heavy (non-hydrogen) atoms. The Morgan fingerprint density at radius 3 is 2.27 bits per heavy atom. The molecule has 0 bridgehead atoms. The average Bonchev–Trinajstić information content (AvgIpc) is 2.20. The molecule has 88 valence electrons. The molecule has 1 fully saturated rings. The van der Waals surface area contributed by atoms with E-state index in [0.717, 1.165) is 0 Å². The van der Waals surface area contributed by atoms with Gasteiger partial charge in [-0.15, -0.1) is 0 Å². The van der Waals surface area contributed by atoms with Gasteiger partial charge >= 0.3 is 5.97 Å². The van der Waals surface area contributed by atoms with Gasteiger partial charge in [0.1, 0.15) is 5.60 Å². The summed E-state index contributed by atoms with van der Waals surface area (Å²) in [5, 5.41) is 0. The van der Waals surface area contributed by atoms with E-state index in [1.165, 1.54) is 0 Å². The van der Waals surface area contributed by atoms with Crippen LogP contribution in [0.15, 0.2) is 0 Å². The predicted octanol–water partition coefficient (Wildman–Crippen LogP) is 1.70. The van der Waals surface area contributed by atoms with E-state index in [1.807, 2.05) is 0 Å². The molecule has 3 nitrogen and oxygen atoms in total. The number of ether oxygens (including phenoxy) is 1. The molecule has 0 amide bonds. The highest BCUT2D eigenvalue weighted by Crippen LogP contribution is 2.39. The van der Waals surface area contributed by atoms with Crippen molar-refractivity contribution in [3.63, 3.8) is 0 Å². The van der Waals surface area contributed by atoms with Crippen LogP contribution < -0.4 is 5.73 Å².